The van der Waals surface area contributed by atoms with Crippen LogP contribution >= 0.6 is 0 Å². The van der Waals surface area contributed by atoms with Crippen LogP contribution in [-0.2, 0) is 0 Å². The number of benzene rings is 1. The third kappa shape index (κ3) is 3.26. The Morgan fingerprint density at radius 2 is 2.00 bits per heavy atom. The Labute approximate surface area is 81.6 Å². The summed E-state index contributed by atoms with van der Waals surface area (Å²) in [5.74, 6) is -0.276. The molecule has 0 fully saturated rings. The van der Waals surface area contributed by atoms with Gasteiger partial charge in [-0.1, -0.05) is 12.1 Å². The number of nitrogens with one attached hydrogen (secondary N) is 2. The second-order valence-electron chi connectivity index (χ2n) is 2.61. The Morgan fingerprint density at radius 1 is 1.36 bits per heavy atom. The Bertz CT molecular complexity index is 332. The van der Waals surface area contributed by atoms with Gasteiger partial charge < -0.3 is 10.6 Å². The van der Waals surface area contributed by atoms with E-state index >= 15 is 0 Å². The van der Waals surface area contributed by atoms with Gasteiger partial charge in [-0.15, -0.1) is 0 Å². The van der Waals surface area contributed by atoms with Crippen molar-refractivity contribution in [2.24, 2.45) is 0 Å². The summed E-state index contributed by atoms with van der Waals surface area (Å²) in [6.07, 6.45) is 3.17. The van der Waals surface area contributed by atoms with Gasteiger partial charge >= 0.3 is 6.03 Å². The molecule has 3 nitrogen and oxygen atoms in total. The molecule has 1 rings (SSSR count). The molecule has 0 aromatic heterocycles. The van der Waals surface area contributed by atoms with Crippen molar-refractivity contribution in [1.29, 1.82) is 0 Å². The number of halogens is 1. The van der Waals surface area contributed by atoms with Crippen LogP contribution in [0.25, 0.3) is 6.08 Å². The first-order valence-corrected chi connectivity index (χ1v) is 4.13. The first kappa shape index (κ1) is 10.2. The Balaban J connectivity index is 2.52. The minimum Gasteiger partial charge on any atom is -0.341 e. The molecule has 1 aromatic carbocycles. The molecule has 2 N–H and O–H groups in total. The summed E-state index contributed by atoms with van der Waals surface area (Å²) >= 11 is 0. The van der Waals surface area contributed by atoms with Gasteiger partial charge in [0.2, 0.25) is 0 Å². The molecule has 0 radical (unpaired) electrons. The van der Waals surface area contributed by atoms with E-state index in [-0.39, 0.29) is 11.8 Å². The van der Waals surface area contributed by atoms with E-state index in [0.717, 1.165) is 5.56 Å². The van der Waals surface area contributed by atoms with E-state index in [0.29, 0.717) is 0 Å². The molecule has 0 atom stereocenters. The summed E-state index contributed by atoms with van der Waals surface area (Å²) in [6, 6.07) is 5.68. The fraction of sp³-hybridized carbons (Fsp3) is 0.100. The maximum Gasteiger partial charge on any atom is 0.318 e. The lowest BCUT2D eigenvalue weighted by Crippen LogP contribution is -2.28. The van der Waals surface area contributed by atoms with Crippen LogP contribution in [0.2, 0.25) is 0 Å². The standard InChI is InChI=1S/C10H11FN2O/c1-12-10(14)13-7-6-8-2-4-9(11)5-3-8/h2-7H,1H3,(H2,12,13,14)/b7-6+. The molecule has 4 heteroatoms. The van der Waals surface area contributed by atoms with E-state index in [1.165, 1.54) is 25.4 Å². The number of rotatable bonds is 2. The average molecular weight is 194 g/mol. The summed E-state index contributed by atoms with van der Waals surface area (Å²) in [7, 11) is 1.53. The lowest BCUT2D eigenvalue weighted by molar-refractivity contribution is 0.246. The minimum absolute atomic E-state index is 0.276. The number of hydrogen-bond donors (Lipinski definition) is 2. The highest BCUT2D eigenvalue weighted by molar-refractivity contribution is 5.75. The predicted molar refractivity (Wildman–Crippen MR) is 53.0 cm³/mol. The monoisotopic (exact) mass is 194 g/mol. The largest absolute Gasteiger partial charge is 0.341 e. The zero-order valence-electron chi connectivity index (χ0n) is 7.75. The summed E-state index contributed by atoms with van der Waals surface area (Å²) in [5, 5.41) is 4.87. The number of carbonyl (C=O) groups is 1. The highest BCUT2D eigenvalue weighted by Crippen LogP contribution is 2.03. The fourth-order valence-electron chi connectivity index (χ4n) is 0.860. The molecule has 0 heterocycles. The van der Waals surface area contributed by atoms with Gasteiger partial charge in [0.05, 0.1) is 0 Å². The maximum atomic E-state index is 12.5. The molecule has 0 spiro atoms. The Kier molecular flexibility index (Phi) is 3.67. The number of urea groups is 1. The van der Waals surface area contributed by atoms with Crippen molar-refractivity contribution in [2.75, 3.05) is 7.05 Å². The predicted octanol–water partition coefficient (Wildman–Crippen LogP) is 1.73. The second kappa shape index (κ2) is 5.01. The molecule has 0 aliphatic heterocycles. The zero-order valence-corrected chi connectivity index (χ0v) is 7.75. The Hall–Kier alpha value is -1.84. The van der Waals surface area contributed by atoms with Crippen molar-refractivity contribution in [2.45, 2.75) is 0 Å². The first-order valence-electron chi connectivity index (χ1n) is 4.13. The highest BCUT2D eigenvalue weighted by Gasteiger charge is 1.90. The van der Waals surface area contributed by atoms with E-state index in [9.17, 15) is 9.18 Å². The Morgan fingerprint density at radius 3 is 2.57 bits per heavy atom. The molecule has 0 unspecified atom stereocenters. The van der Waals surface area contributed by atoms with Crippen LogP contribution in [0.1, 0.15) is 5.56 Å². The van der Waals surface area contributed by atoms with Crippen LogP contribution in [0, 0.1) is 5.82 Å². The third-order valence-electron chi connectivity index (χ3n) is 1.59. The van der Waals surface area contributed by atoms with Crippen molar-refractivity contribution in [3.63, 3.8) is 0 Å². The average Bonchev–Trinajstić information content (AvgIpc) is 2.21. The smallest absolute Gasteiger partial charge is 0.318 e. The fourth-order valence-corrected chi connectivity index (χ4v) is 0.860. The van der Waals surface area contributed by atoms with Gasteiger partial charge in [-0.25, -0.2) is 9.18 Å². The third-order valence-corrected chi connectivity index (χ3v) is 1.59. The van der Waals surface area contributed by atoms with E-state index < -0.39 is 0 Å². The molecule has 0 saturated heterocycles. The normalized spacial score (nSPS) is 10.1. The van der Waals surface area contributed by atoms with E-state index in [4.69, 9.17) is 0 Å². The molecule has 14 heavy (non-hydrogen) atoms. The molecule has 0 aliphatic rings. The van der Waals surface area contributed by atoms with Crippen molar-refractivity contribution in [1.82, 2.24) is 10.6 Å². The molecule has 2 amide bonds. The van der Waals surface area contributed by atoms with Gasteiger partial charge in [0, 0.05) is 13.2 Å². The van der Waals surface area contributed by atoms with Gasteiger partial charge in [0.25, 0.3) is 0 Å². The maximum absolute atomic E-state index is 12.5. The molecule has 0 aliphatic carbocycles. The zero-order chi connectivity index (χ0) is 10.4. The van der Waals surface area contributed by atoms with E-state index in [1.54, 1.807) is 18.2 Å². The quantitative estimate of drug-likeness (QED) is 0.739. The molecule has 0 saturated carbocycles. The molecule has 74 valence electrons. The molecular formula is C10H11FN2O. The minimum atomic E-state index is -0.289. The topological polar surface area (TPSA) is 41.1 Å². The van der Waals surface area contributed by atoms with Crippen LogP contribution in [0.5, 0.6) is 0 Å². The highest BCUT2D eigenvalue weighted by atomic mass is 19.1. The lowest BCUT2D eigenvalue weighted by Gasteiger charge is -1.96. The van der Waals surface area contributed by atoms with Crippen molar-refractivity contribution >= 4 is 12.1 Å². The van der Waals surface area contributed by atoms with Crippen molar-refractivity contribution < 1.29 is 9.18 Å². The summed E-state index contributed by atoms with van der Waals surface area (Å²) in [4.78, 5) is 10.7. The van der Waals surface area contributed by atoms with Crippen molar-refractivity contribution in [3.8, 4) is 0 Å². The van der Waals surface area contributed by atoms with Gasteiger partial charge in [0.15, 0.2) is 0 Å². The second-order valence-corrected chi connectivity index (χ2v) is 2.61. The lowest BCUT2D eigenvalue weighted by atomic mass is 10.2. The summed E-state index contributed by atoms with van der Waals surface area (Å²) in [5.41, 5.74) is 0.822. The first-order chi connectivity index (χ1) is 6.72. The van der Waals surface area contributed by atoms with Gasteiger partial charge in [0.1, 0.15) is 5.82 Å². The van der Waals surface area contributed by atoms with Gasteiger partial charge in [-0.3, -0.25) is 0 Å². The molecular weight excluding hydrogens is 183 g/mol. The van der Waals surface area contributed by atoms with Gasteiger partial charge in [-0.2, -0.15) is 0 Å². The molecule has 0 bridgehead atoms. The summed E-state index contributed by atoms with van der Waals surface area (Å²) in [6.45, 7) is 0. The number of hydrogen-bond acceptors (Lipinski definition) is 1. The molecule has 1 aromatic rings. The van der Waals surface area contributed by atoms with Crippen LogP contribution in [-0.4, -0.2) is 13.1 Å². The SMILES string of the molecule is CNC(=O)N/C=C/c1ccc(F)cc1. The number of amides is 2. The van der Waals surface area contributed by atoms with Crippen LogP contribution in [0.15, 0.2) is 30.5 Å². The summed E-state index contributed by atoms with van der Waals surface area (Å²) < 4.78 is 12.5. The van der Waals surface area contributed by atoms with E-state index in [2.05, 4.69) is 10.6 Å². The van der Waals surface area contributed by atoms with Crippen molar-refractivity contribution in [3.05, 3.63) is 41.8 Å². The van der Waals surface area contributed by atoms with Gasteiger partial charge in [-0.05, 0) is 23.8 Å². The number of carbonyl (C=O) groups excluding carboxylic acids is 1. The van der Waals surface area contributed by atoms with E-state index in [1.807, 2.05) is 0 Å². The van der Waals surface area contributed by atoms with Crippen LogP contribution in [0.4, 0.5) is 9.18 Å². The van der Waals surface area contributed by atoms with Crippen LogP contribution < -0.4 is 10.6 Å². The van der Waals surface area contributed by atoms with Crippen LogP contribution in [0.3, 0.4) is 0 Å².